The van der Waals surface area contributed by atoms with Gasteiger partial charge in [-0.1, -0.05) is 48.3 Å². The summed E-state index contributed by atoms with van der Waals surface area (Å²) in [6.07, 6.45) is 0.901. The number of nitrogens with two attached hydrogens (primary N) is 1. The predicted molar refractivity (Wildman–Crippen MR) is 83.9 cm³/mol. The van der Waals surface area contributed by atoms with Crippen LogP contribution in [0.5, 0.6) is 0 Å². The van der Waals surface area contributed by atoms with Crippen molar-refractivity contribution in [2.75, 3.05) is 5.75 Å². The van der Waals surface area contributed by atoms with E-state index in [9.17, 15) is 0 Å². The summed E-state index contributed by atoms with van der Waals surface area (Å²) in [7, 11) is 0. The first-order chi connectivity index (χ1) is 8.85. The molecule has 3 N–H and O–H groups in total. The van der Waals surface area contributed by atoms with Gasteiger partial charge in [0.1, 0.15) is 5.84 Å². The smallest absolute Gasteiger partial charge is 0.144 e. The number of thioether (sulfide) groups is 1. The molecule has 0 fully saturated rings. The summed E-state index contributed by atoms with van der Waals surface area (Å²) in [4.78, 5) is 0. The maximum atomic E-state index is 8.72. The first-order valence-corrected chi connectivity index (χ1v) is 7.63. The average molecular weight is 280 g/mol. The molecule has 0 aliphatic carbocycles. The van der Waals surface area contributed by atoms with Gasteiger partial charge in [-0.15, -0.1) is 0 Å². The van der Waals surface area contributed by atoms with Crippen molar-refractivity contribution in [2.45, 2.75) is 39.9 Å². The van der Waals surface area contributed by atoms with Crippen LogP contribution in [0.25, 0.3) is 0 Å². The van der Waals surface area contributed by atoms with E-state index in [-0.39, 0.29) is 5.41 Å². The van der Waals surface area contributed by atoms with Gasteiger partial charge < -0.3 is 10.9 Å². The molecule has 0 saturated carbocycles. The highest BCUT2D eigenvalue weighted by Gasteiger charge is 2.22. The second-order valence-electron chi connectivity index (χ2n) is 5.67. The van der Waals surface area contributed by atoms with Crippen LogP contribution in [0.2, 0.25) is 0 Å². The lowest BCUT2D eigenvalue weighted by atomic mass is 9.89. The van der Waals surface area contributed by atoms with Gasteiger partial charge in [0.05, 0.1) is 0 Å². The Balaban J connectivity index is 2.43. The molecule has 1 aromatic carbocycles. The summed E-state index contributed by atoms with van der Waals surface area (Å²) in [5.41, 5.74) is 9.42. The summed E-state index contributed by atoms with van der Waals surface area (Å²) < 4.78 is 0. The van der Waals surface area contributed by atoms with E-state index in [2.05, 4.69) is 37.2 Å². The van der Waals surface area contributed by atoms with Crippen LogP contribution < -0.4 is 5.73 Å². The van der Waals surface area contributed by atoms with Crippen molar-refractivity contribution in [3.63, 3.8) is 0 Å². The monoisotopic (exact) mass is 280 g/mol. The fourth-order valence-electron chi connectivity index (χ4n) is 1.93. The maximum Gasteiger partial charge on any atom is 0.144 e. The highest BCUT2D eigenvalue weighted by Crippen LogP contribution is 2.25. The summed E-state index contributed by atoms with van der Waals surface area (Å²) in [5.74, 6) is 2.31. The normalized spacial score (nSPS) is 12.7. The number of benzene rings is 1. The van der Waals surface area contributed by atoms with Crippen molar-refractivity contribution in [3.05, 3.63) is 34.9 Å². The van der Waals surface area contributed by atoms with Crippen LogP contribution >= 0.6 is 11.8 Å². The molecule has 3 nitrogen and oxygen atoms in total. The molecule has 0 unspecified atom stereocenters. The Kier molecular flexibility index (Phi) is 5.73. The van der Waals surface area contributed by atoms with E-state index in [1.165, 1.54) is 16.7 Å². The molecule has 0 spiro atoms. The molecular formula is C15H24N2OS. The van der Waals surface area contributed by atoms with E-state index in [1.54, 1.807) is 0 Å². The van der Waals surface area contributed by atoms with Crippen LogP contribution in [0, 0.1) is 19.3 Å². The Morgan fingerprint density at radius 3 is 2.37 bits per heavy atom. The maximum absolute atomic E-state index is 8.72. The van der Waals surface area contributed by atoms with E-state index in [4.69, 9.17) is 10.9 Å². The van der Waals surface area contributed by atoms with Crippen LogP contribution in [0.4, 0.5) is 0 Å². The molecule has 0 aliphatic rings. The molecule has 0 radical (unpaired) electrons. The van der Waals surface area contributed by atoms with E-state index in [0.717, 1.165) is 17.9 Å². The van der Waals surface area contributed by atoms with Gasteiger partial charge in [0, 0.05) is 11.2 Å². The lowest BCUT2D eigenvalue weighted by Crippen LogP contribution is -2.32. The van der Waals surface area contributed by atoms with Crippen molar-refractivity contribution in [3.8, 4) is 0 Å². The summed E-state index contributed by atoms with van der Waals surface area (Å²) in [5, 5.41) is 11.8. The summed E-state index contributed by atoms with van der Waals surface area (Å²) in [6.45, 7) is 8.25. The quantitative estimate of drug-likeness (QED) is 0.275. The van der Waals surface area contributed by atoms with Crippen LogP contribution in [0.1, 0.15) is 37.0 Å². The molecule has 19 heavy (non-hydrogen) atoms. The Morgan fingerprint density at radius 1 is 1.26 bits per heavy atom. The molecule has 1 rings (SSSR count). The number of oxime groups is 1. The first-order valence-electron chi connectivity index (χ1n) is 6.48. The number of amidine groups is 1. The molecule has 0 bridgehead atoms. The molecule has 0 heterocycles. The number of hydrogen-bond acceptors (Lipinski definition) is 3. The first kappa shape index (κ1) is 15.9. The van der Waals surface area contributed by atoms with Gasteiger partial charge in [-0.2, -0.15) is 11.8 Å². The Labute approximate surface area is 120 Å². The second kappa shape index (κ2) is 6.85. The van der Waals surface area contributed by atoms with E-state index < -0.39 is 0 Å². The highest BCUT2D eigenvalue weighted by molar-refractivity contribution is 7.98. The van der Waals surface area contributed by atoms with Crippen molar-refractivity contribution < 1.29 is 5.21 Å². The van der Waals surface area contributed by atoms with Crippen molar-refractivity contribution >= 4 is 17.6 Å². The van der Waals surface area contributed by atoms with Gasteiger partial charge in [0.2, 0.25) is 0 Å². The number of rotatable bonds is 6. The molecular weight excluding hydrogens is 256 g/mol. The van der Waals surface area contributed by atoms with Crippen LogP contribution in [-0.2, 0) is 5.75 Å². The zero-order valence-corrected chi connectivity index (χ0v) is 13.0. The lowest BCUT2D eigenvalue weighted by molar-refractivity contribution is 0.307. The van der Waals surface area contributed by atoms with Crippen LogP contribution in [0.15, 0.2) is 23.4 Å². The minimum atomic E-state index is -0.246. The third kappa shape index (κ3) is 5.15. The summed E-state index contributed by atoms with van der Waals surface area (Å²) in [6, 6.07) is 6.65. The fourth-order valence-corrected chi connectivity index (χ4v) is 3.13. The van der Waals surface area contributed by atoms with Crippen LogP contribution in [-0.4, -0.2) is 16.8 Å². The van der Waals surface area contributed by atoms with Gasteiger partial charge >= 0.3 is 0 Å². The molecule has 4 heteroatoms. The lowest BCUT2D eigenvalue weighted by Gasteiger charge is -2.22. The number of aryl methyl sites for hydroxylation is 2. The van der Waals surface area contributed by atoms with E-state index in [1.807, 2.05) is 25.6 Å². The minimum Gasteiger partial charge on any atom is -0.409 e. The fraction of sp³-hybridized carbons (Fsp3) is 0.533. The third-order valence-corrected chi connectivity index (χ3v) is 4.25. The second-order valence-corrected chi connectivity index (χ2v) is 6.77. The SMILES string of the molecule is Cc1cc(C)cc(CSCCC(C)(C)C(N)=NO)c1. The van der Waals surface area contributed by atoms with Gasteiger partial charge in [0.15, 0.2) is 0 Å². The van der Waals surface area contributed by atoms with Crippen molar-refractivity contribution in [1.82, 2.24) is 0 Å². The molecule has 0 amide bonds. The van der Waals surface area contributed by atoms with Gasteiger partial charge in [-0.3, -0.25) is 0 Å². The Morgan fingerprint density at radius 2 is 1.84 bits per heavy atom. The van der Waals surface area contributed by atoms with Crippen molar-refractivity contribution in [2.24, 2.45) is 16.3 Å². The Bertz CT molecular complexity index is 435. The van der Waals surface area contributed by atoms with Gasteiger partial charge in [-0.25, -0.2) is 0 Å². The number of hydrogen-bond donors (Lipinski definition) is 2. The molecule has 106 valence electrons. The zero-order chi connectivity index (χ0) is 14.5. The minimum absolute atomic E-state index is 0.246. The molecule has 0 saturated heterocycles. The standard InChI is InChI=1S/C15H24N2OS/c1-11-7-12(2)9-13(8-11)10-19-6-5-15(3,4)14(16)17-18/h7-9,18H,5-6,10H2,1-4H3,(H2,16,17). The highest BCUT2D eigenvalue weighted by atomic mass is 32.2. The average Bonchev–Trinajstić information content (AvgIpc) is 2.32. The summed E-state index contributed by atoms with van der Waals surface area (Å²) >= 11 is 1.89. The van der Waals surface area contributed by atoms with E-state index in [0.29, 0.717) is 5.84 Å². The van der Waals surface area contributed by atoms with Gasteiger partial charge in [0.25, 0.3) is 0 Å². The van der Waals surface area contributed by atoms with E-state index >= 15 is 0 Å². The molecule has 1 aromatic rings. The van der Waals surface area contributed by atoms with Gasteiger partial charge in [-0.05, 0) is 31.6 Å². The Hall–Kier alpha value is -1.16. The van der Waals surface area contributed by atoms with Crippen LogP contribution in [0.3, 0.4) is 0 Å². The number of nitrogens with zero attached hydrogens (tertiary/aromatic N) is 1. The predicted octanol–water partition coefficient (Wildman–Crippen LogP) is 3.70. The topological polar surface area (TPSA) is 58.6 Å². The molecule has 0 aromatic heterocycles. The third-order valence-electron chi connectivity index (χ3n) is 3.22. The molecule has 0 aliphatic heterocycles. The zero-order valence-electron chi connectivity index (χ0n) is 12.2. The van der Waals surface area contributed by atoms with Crippen molar-refractivity contribution in [1.29, 1.82) is 0 Å². The molecule has 0 atom stereocenters. The largest absolute Gasteiger partial charge is 0.409 e.